The van der Waals surface area contributed by atoms with Crippen molar-refractivity contribution in [1.82, 2.24) is 9.97 Å². The van der Waals surface area contributed by atoms with Crippen molar-refractivity contribution in [2.24, 2.45) is 5.92 Å². The molecule has 0 amide bonds. The molecule has 1 atom stereocenters. The number of nitrogens with zero attached hydrogens (tertiary/aromatic N) is 3. The number of fused-ring (bicyclic) bond motifs is 1. The zero-order valence-electron chi connectivity index (χ0n) is 17.0. The van der Waals surface area contributed by atoms with E-state index in [1.54, 1.807) is 0 Å². The molecule has 1 fully saturated rings. The summed E-state index contributed by atoms with van der Waals surface area (Å²) in [7, 11) is 0. The van der Waals surface area contributed by atoms with Gasteiger partial charge in [0.25, 0.3) is 0 Å². The lowest BCUT2D eigenvalue weighted by Gasteiger charge is -2.32. The van der Waals surface area contributed by atoms with Crippen LogP contribution < -0.4 is 4.90 Å². The summed E-state index contributed by atoms with van der Waals surface area (Å²) >= 11 is 7.38. The number of thiophene rings is 1. The molecule has 0 radical (unpaired) electrons. The highest BCUT2D eigenvalue weighted by Crippen LogP contribution is 2.38. The molecule has 1 aromatic carbocycles. The molecule has 0 bridgehead atoms. The molecule has 0 saturated carbocycles. The van der Waals surface area contributed by atoms with Gasteiger partial charge in [0.05, 0.1) is 17.9 Å². The van der Waals surface area contributed by atoms with Crippen LogP contribution in [0.25, 0.3) is 10.2 Å². The summed E-state index contributed by atoms with van der Waals surface area (Å²) in [6, 6.07) is 9.83. The number of esters is 1. The summed E-state index contributed by atoms with van der Waals surface area (Å²) in [6.45, 7) is 3.15. The quantitative estimate of drug-likeness (QED) is 0.432. The largest absolute Gasteiger partial charge is 0.481 e. The van der Waals surface area contributed by atoms with E-state index < -0.39 is 17.9 Å². The predicted molar refractivity (Wildman–Crippen MR) is 120 cm³/mol. The first-order valence-electron chi connectivity index (χ1n) is 10.1. The number of carboxylic acid groups (broad SMARTS) is 1. The topological polar surface area (TPSA) is 92.6 Å². The van der Waals surface area contributed by atoms with Crippen LogP contribution in [0.4, 0.5) is 5.82 Å². The minimum atomic E-state index is -0.814. The van der Waals surface area contributed by atoms with Crippen molar-refractivity contribution < 1.29 is 19.4 Å². The van der Waals surface area contributed by atoms with Gasteiger partial charge in [0.2, 0.25) is 5.28 Å². The van der Waals surface area contributed by atoms with Gasteiger partial charge in [0, 0.05) is 19.5 Å². The number of aliphatic carboxylic acids is 1. The molecule has 1 unspecified atom stereocenters. The number of carbonyl (C=O) groups is 2. The van der Waals surface area contributed by atoms with Crippen molar-refractivity contribution in [3.8, 4) is 0 Å². The highest BCUT2D eigenvalue weighted by Gasteiger charge is 2.29. The number of anilines is 1. The smallest absolute Gasteiger partial charge is 0.348 e. The lowest BCUT2D eigenvalue weighted by atomic mass is 9.98. The van der Waals surface area contributed by atoms with E-state index >= 15 is 0 Å². The van der Waals surface area contributed by atoms with Gasteiger partial charge in [0.1, 0.15) is 15.5 Å². The predicted octanol–water partition coefficient (Wildman–Crippen LogP) is 4.35. The van der Waals surface area contributed by atoms with Gasteiger partial charge in [0.15, 0.2) is 0 Å². The third kappa shape index (κ3) is 4.65. The average molecular weight is 460 g/mol. The number of carbonyl (C=O) groups excluding carboxylic acids is 1. The average Bonchev–Trinajstić information content (AvgIpc) is 3.10. The Hall–Kier alpha value is -2.71. The van der Waals surface area contributed by atoms with Crippen molar-refractivity contribution in [2.45, 2.75) is 26.2 Å². The number of rotatable bonds is 6. The van der Waals surface area contributed by atoms with E-state index in [1.807, 2.05) is 42.2 Å². The summed E-state index contributed by atoms with van der Waals surface area (Å²) in [5.74, 6) is -1.09. The normalized spacial score (nSPS) is 16.5. The van der Waals surface area contributed by atoms with Gasteiger partial charge >= 0.3 is 11.9 Å². The number of hydrogen-bond donors (Lipinski definition) is 1. The molecule has 1 saturated heterocycles. The highest BCUT2D eigenvalue weighted by molar-refractivity contribution is 7.20. The van der Waals surface area contributed by atoms with Crippen LogP contribution in [0, 0.1) is 12.8 Å². The Bertz CT molecular complexity index is 1120. The number of halogens is 1. The third-order valence-corrected chi connectivity index (χ3v) is 6.80. The molecular weight excluding hydrogens is 438 g/mol. The number of carboxylic acids is 1. The summed E-state index contributed by atoms with van der Waals surface area (Å²) < 4.78 is 5.51. The molecule has 3 heterocycles. The maximum Gasteiger partial charge on any atom is 0.348 e. The molecule has 1 aliphatic heterocycles. The minimum Gasteiger partial charge on any atom is -0.481 e. The second-order valence-electron chi connectivity index (χ2n) is 7.55. The summed E-state index contributed by atoms with van der Waals surface area (Å²) in [6.07, 6.45) is 2.02. The van der Waals surface area contributed by atoms with Gasteiger partial charge in [-0.05, 0) is 42.5 Å². The maximum atomic E-state index is 12.8. The van der Waals surface area contributed by atoms with E-state index in [0.717, 1.165) is 22.9 Å². The molecule has 1 N–H and O–H groups in total. The van der Waals surface area contributed by atoms with Gasteiger partial charge in [-0.1, -0.05) is 30.3 Å². The zero-order valence-corrected chi connectivity index (χ0v) is 18.6. The molecule has 0 spiro atoms. The fourth-order valence-electron chi connectivity index (χ4n) is 3.86. The molecule has 162 valence electrons. The van der Waals surface area contributed by atoms with E-state index in [-0.39, 0.29) is 11.9 Å². The Morgan fingerprint density at radius 2 is 2.06 bits per heavy atom. The van der Waals surface area contributed by atoms with Crippen LogP contribution in [-0.4, -0.2) is 46.7 Å². The second-order valence-corrected chi connectivity index (χ2v) is 8.88. The number of hydrogen-bond acceptors (Lipinski definition) is 7. The first kappa shape index (κ1) is 21.5. The zero-order chi connectivity index (χ0) is 22.0. The van der Waals surface area contributed by atoms with Crippen LogP contribution >= 0.6 is 22.9 Å². The molecule has 4 rings (SSSR count). The van der Waals surface area contributed by atoms with E-state index in [4.69, 9.17) is 16.3 Å². The maximum absolute atomic E-state index is 12.8. The second kappa shape index (κ2) is 9.20. The Labute approximate surface area is 188 Å². The number of ether oxygens (including phenoxy) is 1. The SMILES string of the molecule is Cc1c(C(=O)OCCc2ccccc2)sc2nc(Cl)nc(N3CCCC(C(=O)O)C3)c12. The van der Waals surface area contributed by atoms with E-state index in [0.29, 0.717) is 41.5 Å². The molecule has 31 heavy (non-hydrogen) atoms. The van der Waals surface area contributed by atoms with Gasteiger partial charge < -0.3 is 14.7 Å². The Balaban J connectivity index is 1.58. The standard InChI is InChI=1S/C22H22ClN3O4S/c1-13-16-18(26-10-5-8-15(12-26)20(27)28)24-22(23)25-19(16)31-17(13)21(29)30-11-9-14-6-3-2-4-7-14/h2-4,6-7,15H,5,8-12H2,1H3,(H,27,28). The number of benzene rings is 1. The van der Waals surface area contributed by atoms with E-state index in [9.17, 15) is 14.7 Å². The van der Waals surface area contributed by atoms with Gasteiger partial charge in [-0.2, -0.15) is 4.98 Å². The number of aryl methyl sites for hydroxylation is 1. The lowest BCUT2D eigenvalue weighted by Crippen LogP contribution is -2.39. The van der Waals surface area contributed by atoms with Crippen molar-refractivity contribution >= 4 is 50.9 Å². The molecule has 3 aromatic rings. The van der Waals surface area contributed by atoms with Crippen LogP contribution in [0.5, 0.6) is 0 Å². The summed E-state index contributed by atoms with van der Waals surface area (Å²) in [5, 5.41) is 10.2. The number of piperidine rings is 1. The first-order chi connectivity index (χ1) is 14.9. The van der Waals surface area contributed by atoms with Gasteiger partial charge in [-0.3, -0.25) is 4.79 Å². The fourth-order valence-corrected chi connectivity index (χ4v) is 5.14. The minimum absolute atomic E-state index is 0.0743. The van der Waals surface area contributed by atoms with Crippen molar-refractivity contribution in [3.63, 3.8) is 0 Å². The Kier molecular flexibility index (Phi) is 6.38. The molecule has 0 aliphatic carbocycles. The van der Waals surface area contributed by atoms with Gasteiger partial charge in [-0.25, -0.2) is 9.78 Å². The van der Waals surface area contributed by atoms with Crippen molar-refractivity contribution in [3.05, 3.63) is 51.6 Å². The van der Waals surface area contributed by atoms with Crippen molar-refractivity contribution in [1.29, 1.82) is 0 Å². The molecular formula is C22H22ClN3O4S. The molecule has 1 aliphatic rings. The van der Waals surface area contributed by atoms with Gasteiger partial charge in [-0.15, -0.1) is 11.3 Å². The lowest BCUT2D eigenvalue weighted by molar-refractivity contribution is -0.141. The van der Waals surface area contributed by atoms with Crippen LogP contribution in [0.3, 0.4) is 0 Å². The van der Waals surface area contributed by atoms with Crippen LogP contribution in [-0.2, 0) is 16.0 Å². The van der Waals surface area contributed by atoms with Crippen LogP contribution in [0.15, 0.2) is 30.3 Å². The highest BCUT2D eigenvalue weighted by atomic mass is 35.5. The fraction of sp³-hybridized carbons (Fsp3) is 0.364. The summed E-state index contributed by atoms with van der Waals surface area (Å²) in [5.41, 5.74) is 1.83. The molecule has 7 nitrogen and oxygen atoms in total. The molecule has 9 heteroatoms. The third-order valence-electron chi connectivity index (χ3n) is 5.47. The van der Waals surface area contributed by atoms with Crippen LogP contribution in [0.1, 0.15) is 33.6 Å². The number of aromatic nitrogens is 2. The Morgan fingerprint density at radius 3 is 2.81 bits per heavy atom. The summed E-state index contributed by atoms with van der Waals surface area (Å²) in [4.78, 5) is 35.9. The van der Waals surface area contributed by atoms with E-state index in [1.165, 1.54) is 11.3 Å². The Morgan fingerprint density at radius 1 is 1.29 bits per heavy atom. The monoisotopic (exact) mass is 459 g/mol. The van der Waals surface area contributed by atoms with E-state index in [2.05, 4.69) is 9.97 Å². The van der Waals surface area contributed by atoms with Crippen molar-refractivity contribution in [2.75, 3.05) is 24.6 Å². The molecule has 2 aromatic heterocycles. The first-order valence-corrected chi connectivity index (χ1v) is 11.3. The van der Waals surface area contributed by atoms with Crippen LogP contribution in [0.2, 0.25) is 5.28 Å².